The molecule has 1 atom stereocenters. The van der Waals surface area contributed by atoms with Gasteiger partial charge in [0.05, 0.1) is 16.4 Å². The number of nitrogens with zero attached hydrogens (tertiary/aromatic N) is 2. The Morgan fingerprint density at radius 3 is 2.76 bits per heavy atom. The van der Waals surface area contributed by atoms with Gasteiger partial charge in [0.2, 0.25) is 0 Å². The Hall–Kier alpha value is -0.350. The van der Waals surface area contributed by atoms with Crippen LogP contribution in [-0.2, 0) is 6.42 Å². The number of hydrogen-bond acceptors (Lipinski definition) is 2. The zero-order valence-electron chi connectivity index (χ0n) is 10.9. The summed E-state index contributed by atoms with van der Waals surface area (Å²) in [6, 6.07) is 1.11. The second-order valence-corrected chi connectivity index (χ2v) is 6.10. The lowest BCUT2D eigenvalue weighted by Crippen LogP contribution is -2.28. The molecule has 0 radical (unpaired) electrons. The highest BCUT2D eigenvalue weighted by Gasteiger charge is 2.30. The van der Waals surface area contributed by atoms with Gasteiger partial charge in [-0.15, -0.1) is 0 Å². The number of halogens is 1. The first kappa shape index (κ1) is 13.1. The summed E-state index contributed by atoms with van der Waals surface area (Å²) in [6.45, 7) is 4.36. The van der Waals surface area contributed by atoms with Crippen molar-refractivity contribution in [2.75, 3.05) is 7.05 Å². The second kappa shape index (κ2) is 5.53. The van der Waals surface area contributed by atoms with Gasteiger partial charge in [0.1, 0.15) is 0 Å². The van der Waals surface area contributed by atoms with Gasteiger partial charge in [-0.2, -0.15) is 5.10 Å². The molecule has 0 saturated heterocycles. The van der Waals surface area contributed by atoms with Crippen LogP contribution in [0.1, 0.15) is 44.8 Å². The van der Waals surface area contributed by atoms with E-state index >= 15 is 0 Å². The quantitative estimate of drug-likeness (QED) is 0.874. The molecule has 4 heteroatoms. The van der Waals surface area contributed by atoms with Gasteiger partial charge in [-0.1, -0.05) is 0 Å². The Kier molecular flexibility index (Phi) is 4.26. The molecule has 1 fully saturated rings. The molecule has 0 amide bonds. The van der Waals surface area contributed by atoms with Crippen LogP contribution in [0, 0.1) is 5.92 Å². The van der Waals surface area contributed by atoms with E-state index in [-0.39, 0.29) is 0 Å². The topological polar surface area (TPSA) is 29.9 Å². The van der Waals surface area contributed by atoms with Crippen LogP contribution in [0.4, 0.5) is 0 Å². The third-order valence-electron chi connectivity index (χ3n) is 3.59. The highest BCUT2D eigenvalue weighted by atomic mass is 79.9. The lowest BCUT2D eigenvalue weighted by Gasteiger charge is -2.17. The first-order valence-corrected chi connectivity index (χ1v) is 7.32. The minimum atomic E-state index is 0.435. The molecule has 96 valence electrons. The molecule has 1 aliphatic carbocycles. The highest BCUT2D eigenvalue weighted by molar-refractivity contribution is 9.10. The summed E-state index contributed by atoms with van der Waals surface area (Å²) >= 11 is 3.61. The van der Waals surface area contributed by atoms with Crippen molar-refractivity contribution in [3.8, 4) is 0 Å². The highest BCUT2D eigenvalue weighted by Crippen LogP contribution is 2.34. The summed E-state index contributed by atoms with van der Waals surface area (Å²) in [7, 11) is 2.08. The SMILES string of the molecule is CNC(CCc1c(Br)cnn1C(C)C)C1CC1. The van der Waals surface area contributed by atoms with Gasteiger partial charge in [0, 0.05) is 12.1 Å². The monoisotopic (exact) mass is 299 g/mol. The molecule has 0 aliphatic heterocycles. The number of aromatic nitrogens is 2. The van der Waals surface area contributed by atoms with Crippen molar-refractivity contribution >= 4 is 15.9 Å². The van der Waals surface area contributed by atoms with E-state index in [9.17, 15) is 0 Å². The van der Waals surface area contributed by atoms with Gasteiger partial charge >= 0.3 is 0 Å². The maximum absolute atomic E-state index is 4.43. The van der Waals surface area contributed by atoms with Crippen molar-refractivity contribution in [1.29, 1.82) is 0 Å². The maximum Gasteiger partial charge on any atom is 0.0635 e. The predicted molar refractivity (Wildman–Crippen MR) is 74.2 cm³/mol. The Morgan fingerprint density at radius 2 is 2.24 bits per heavy atom. The van der Waals surface area contributed by atoms with Crippen molar-refractivity contribution in [2.24, 2.45) is 5.92 Å². The minimum Gasteiger partial charge on any atom is -0.317 e. The van der Waals surface area contributed by atoms with E-state index in [0.717, 1.165) is 16.8 Å². The number of nitrogens with one attached hydrogen (secondary N) is 1. The molecule has 1 aromatic rings. The largest absolute Gasteiger partial charge is 0.317 e. The van der Waals surface area contributed by atoms with Gasteiger partial charge < -0.3 is 5.32 Å². The Labute approximate surface area is 112 Å². The lowest BCUT2D eigenvalue weighted by molar-refractivity contribution is 0.448. The summed E-state index contributed by atoms with van der Waals surface area (Å²) in [5, 5.41) is 7.88. The molecule has 0 aromatic carbocycles. The molecular weight excluding hydrogens is 278 g/mol. The van der Waals surface area contributed by atoms with Crippen LogP contribution in [0.25, 0.3) is 0 Å². The molecule has 1 unspecified atom stereocenters. The predicted octanol–water partition coefficient (Wildman–Crippen LogP) is 3.16. The minimum absolute atomic E-state index is 0.435. The van der Waals surface area contributed by atoms with E-state index in [1.54, 1.807) is 0 Å². The van der Waals surface area contributed by atoms with Crippen LogP contribution in [-0.4, -0.2) is 22.9 Å². The van der Waals surface area contributed by atoms with Gasteiger partial charge in [0.15, 0.2) is 0 Å². The fourth-order valence-electron chi connectivity index (χ4n) is 2.45. The standard InChI is InChI=1S/C13H22BrN3/c1-9(2)17-13(11(14)8-16-17)7-6-12(15-3)10-4-5-10/h8-10,12,15H,4-7H2,1-3H3. The summed E-state index contributed by atoms with van der Waals surface area (Å²) in [5.74, 6) is 0.911. The number of rotatable bonds is 6. The fourth-order valence-corrected chi connectivity index (χ4v) is 2.92. The van der Waals surface area contributed by atoms with E-state index in [4.69, 9.17) is 0 Å². The zero-order valence-corrected chi connectivity index (χ0v) is 12.5. The van der Waals surface area contributed by atoms with Crippen LogP contribution in [0.3, 0.4) is 0 Å². The molecule has 17 heavy (non-hydrogen) atoms. The van der Waals surface area contributed by atoms with Crippen molar-refractivity contribution in [2.45, 2.75) is 51.6 Å². The van der Waals surface area contributed by atoms with Gasteiger partial charge in [-0.3, -0.25) is 4.68 Å². The Bertz CT molecular complexity index is 369. The van der Waals surface area contributed by atoms with E-state index in [0.29, 0.717) is 12.1 Å². The molecule has 1 aliphatic rings. The molecule has 1 heterocycles. The van der Waals surface area contributed by atoms with Gasteiger partial charge in [0.25, 0.3) is 0 Å². The third-order valence-corrected chi connectivity index (χ3v) is 4.25. The maximum atomic E-state index is 4.43. The fraction of sp³-hybridized carbons (Fsp3) is 0.769. The Balaban J connectivity index is 1.99. The Morgan fingerprint density at radius 1 is 1.53 bits per heavy atom. The lowest BCUT2D eigenvalue weighted by atomic mass is 10.1. The first-order valence-electron chi connectivity index (χ1n) is 6.52. The molecular formula is C13H22BrN3. The third kappa shape index (κ3) is 3.10. The van der Waals surface area contributed by atoms with Crippen molar-refractivity contribution in [1.82, 2.24) is 15.1 Å². The average molecular weight is 300 g/mol. The second-order valence-electron chi connectivity index (χ2n) is 5.25. The smallest absolute Gasteiger partial charge is 0.0635 e. The average Bonchev–Trinajstić information content (AvgIpc) is 3.05. The zero-order chi connectivity index (χ0) is 12.4. The molecule has 0 bridgehead atoms. The molecule has 2 rings (SSSR count). The van der Waals surface area contributed by atoms with Gasteiger partial charge in [-0.05, 0) is 68.4 Å². The summed E-state index contributed by atoms with van der Waals surface area (Å²) < 4.78 is 3.28. The molecule has 0 spiro atoms. The summed E-state index contributed by atoms with van der Waals surface area (Å²) in [6.07, 6.45) is 7.02. The van der Waals surface area contributed by atoms with Gasteiger partial charge in [-0.25, -0.2) is 0 Å². The molecule has 1 aromatic heterocycles. The summed E-state index contributed by atoms with van der Waals surface area (Å²) in [5.41, 5.74) is 1.33. The molecule has 1 saturated carbocycles. The van der Waals surface area contributed by atoms with Crippen molar-refractivity contribution in [3.63, 3.8) is 0 Å². The summed E-state index contributed by atoms with van der Waals surface area (Å²) in [4.78, 5) is 0. The van der Waals surface area contributed by atoms with Crippen molar-refractivity contribution in [3.05, 3.63) is 16.4 Å². The van der Waals surface area contributed by atoms with Crippen LogP contribution >= 0.6 is 15.9 Å². The molecule has 1 N–H and O–H groups in total. The van der Waals surface area contributed by atoms with E-state index in [2.05, 4.69) is 51.9 Å². The van der Waals surface area contributed by atoms with Crippen LogP contribution < -0.4 is 5.32 Å². The molecule has 3 nitrogen and oxygen atoms in total. The van der Waals surface area contributed by atoms with Crippen LogP contribution in [0.15, 0.2) is 10.7 Å². The van der Waals surface area contributed by atoms with Crippen LogP contribution in [0.2, 0.25) is 0 Å². The van der Waals surface area contributed by atoms with E-state index in [1.807, 2.05) is 6.20 Å². The van der Waals surface area contributed by atoms with Crippen LogP contribution in [0.5, 0.6) is 0 Å². The number of hydrogen-bond donors (Lipinski definition) is 1. The first-order chi connectivity index (χ1) is 8.13. The van der Waals surface area contributed by atoms with E-state index in [1.165, 1.54) is 25.0 Å². The normalized spacial score (nSPS) is 17.7. The van der Waals surface area contributed by atoms with E-state index < -0.39 is 0 Å². The van der Waals surface area contributed by atoms with Crippen molar-refractivity contribution < 1.29 is 0 Å².